The molecule has 136 valence electrons. The standard InChI is InChI=1S/C22H25FN2O/c1-3-24-22(26)13(2)14-8-15-10-17(11-16(15)9-14)19-6-7-25-21-5-4-18(23)12-20(19)21/h4-8,12-13,15-17H,3,9-11H2,1-2H3,(H,24,26)/t13?,15-,16+,17+/m0/s1. The van der Waals surface area contributed by atoms with Gasteiger partial charge in [-0.1, -0.05) is 11.6 Å². The van der Waals surface area contributed by atoms with Crippen molar-refractivity contribution in [3.05, 3.63) is 53.5 Å². The molecule has 0 radical (unpaired) electrons. The largest absolute Gasteiger partial charge is 0.356 e. The molecular weight excluding hydrogens is 327 g/mol. The molecule has 2 aliphatic carbocycles. The third kappa shape index (κ3) is 3.02. The Kier molecular flexibility index (Phi) is 4.51. The first-order valence-corrected chi connectivity index (χ1v) is 9.59. The Labute approximate surface area is 153 Å². The highest BCUT2D eigenvalue weighted by Crippen LogP contribution is 2.51. The first kappa shape index (κ1) is 17.2. The monoisotopic (exact) mass is 352 g/mol. The van der Waals surface area contributed by atoms with Gasteiger partial charge in [-0.3, -0.25) is 9.78 Å². The van der Waals surface area contributed by atoms with E-state index in [2.05, 4.69) is 22.4 Å². The lowest BCUT2D eigenvalue weighted by Crippen LogP contribution is -2.29. The van der Waals surface area contributed by atoms with Crippen molar-refractivity contribution in [3.8, 4) is 0 Å². The van der Waals surface area contributed by atoms with Gasteiger partial charge in [0.1, 0.15) is 5.82 Å². The molecule has 0 aliphatic heterocycles. The smallest absolute Gasteiger partial charge is 0.226 e. The average Bonchev–Trinajstić information content (AvgIpc) is 3.19. The van der Waals surface area contributed by atoms with Crippen molar-refractivity contribution < 1.29 is 9.18 Å². The van der Waals surface area contributed by atoms with E-state index in [1.54, 1.807) is 12.1 Å². The summed E-state index contributed by atoms with van der Waals surface area (Å²) in [5.41, 5.74) is 3.37. The van der Waals surface area contributed by atoms with Crippen molar-refractivity contribution >= 4 is 16.8 Å². The van der Waals surface area contributed by atoms with Crippen LogP contribution in [0.3, 0.4) is 0 Å². The van der Waals surface area contributed by atoms with Crippen LogP contribution in [0, 0.1) is 23.6 Å². The van der Waals surface area contributed by atoms with E-state index in [1.807, 2.05) is 20.0 Å². The molecule has 2 aliphatic rings. The minimum absolute atomic E-state index is 0.0325. The second kappa shape index (κ2) is 6.82. The van der Waals surface area contributed by atoms with Crippen LogP contribution in [0.2, 0.25) is 0 Å². The molecule has 1 fully saturated rings. The maximum Gasteiger partial charge on any atom is 0.226 e. The van der Waals surface area contributed by atoms with Crippen LogP contribution >= 0.6 is 0 Å². The van der Waals surface area contributed by atoms with Crippen LogP contribution in [0.25, 0.3) is 10.9 Å². The molecule has 1 unspecified atom stereocenters. The number of fused-ring (bicyclic) bond motifs is 2. The minimum atomic E-state index is -0.206. The van der Waals surface area contributed by atoms with Gasteiger partial charge in [-0.2, -0.15) is 0 Å². The molecule has 26 heavy (non-hydrogen) atoms. The van der Waals surface area contributed by atoms with E-state index >= 15 is 0 Å². The van der Waals surface area contributed by atoms with Gasteiger partial charge in [0, 0.05) is 18.1 Å². The lowest BCUT2D eigenvalue weighted by atomic mass is 9.90. The van der Waals surface area contributed by atoms with Gasteiger partial charge >= 0.3 is 0 Å². The Morgan fingerprint density at radius 2 is 2.19 bits per heavy atom. The number of amides is 1. The zero-order valence-electron chi connectivity index (χ0n) is 15.3. The molecule has 1 aromatic heterocycles. The number of pyridine rings is 1. The molecule has 1 saturated carbocycles. The average molecular weight is 352 g/mol. The zero-order valence-corrected chi connectivity index (χ0v) is 15.3. The van der Waals surface area contributed by atoms with Crippen molar-refractivity contribution in [2.45, 2.75) is 39.0 Å². The van der Waals surface area contributed by atoms with Crippen LogP contribution in [0.5, 0.6) is 0 Å². The van der Waals surface area contributed by atoms with Gasteiger partial charge < -0.3 is 5.32 Å². The SMILES string of the molecule is CCNC(=O)C(C)C1=C[C@H]2C[C@@H](c3ccnc4ccc(F)cc34)C[C@H]2C1. The number of allylic oxidation sites excluding steroid dienone is 1. The van der Waals surface area contributed by atoms with Gasteiger partial charge in [0.25, 0.3) is 0 Å². The number of nitrogens with zero attached hydrogens (tertiary/aromatic N) is 1. The number of carbonyl (C=O) groups is 1. The van der Waals surface area contributed by atoms with Gasteiger partial charge in [-0.05, 0) is 80.7 Å². The van der Waals surface area contributed by atoms with E-state index in [0.29, 0.717) is 24.3 Å². The second-order valence-electron chi connectivity index (χ2n) is 7.72. The molecule has 4 heteroatoms. The summed E-state index contributed by atoms with van der Waals surface area (Å²) in [6.07, 6.45) is 7.36. The van der Waals surface area contributed by atoms with Gasteiger partial charge in [0.15, 0.2) is 0 Å². The minimum Gasteiger partial charge on any atom is -0.356 e. The summed E-state index contributed by atoms with van der Waals surface area (Å²) < 4.78 is 13.7. The summed E-state index contributed by atoms with van der Waals surface area (Å²) in [5, 5.41) is 3.87. The van der Waals surface area contributed by atoms with E-state index in [9.17, 15) is 9.18 Å². The fourth-order valence-corrected chi connectivity index (χ4v) is 4.81. The molecule has 1 heterocycles. The third-order valence-electron chi connectivity index (χ3n) is 6.15. The van der Waals surface area contributed by atoms with E-state index < -0.39 is 0 Å². The Morgan fingerprint density at radius 3 is 2.96 bits per heavy atom. The number of hydrogen-bond acceptors (Lipinski definition) is 2. The highest BCUT2D eigenvalue weighted by Gasteiger charge is 2.40. The highest BCUT2D eigenvalue weighted by molar-refractivity contribution is 5.83. The number of rotatable bonds is 4. The summed E-state index contributed by atoms with van der Waals surface area (Å²) in [5.74, 6) is 1.46. The number of halogens is 1. The molecule has 2 aromatic rings. The first-order valence-electron chi connectivity index (χ1n) is 9.59. The van der Waals surface area contributed by atoms with Crippen LogP contribution in [-0.4, -0.2) is 17.4 Å². The topological polar surface area (TPSA) is 42.0 Å². The van der Waals surface area contributed by atoms with Gasteiger partial charge in [0.2, 0.25) is 5.91 Å². The molecule has 4 rings (SSSR count). The predicted octanol–water partition coefficient (Wildman–Crippen LogP) is 4.59. The zero-order chi connectivity index (χ0) is 18.3. The van der Waals surface area contributed by atoms with Crippen molar-refractivity contribution in [1.82, 2.24) is 10.3 Å². The molecule has 3 nitrogen and oxygen atoms in total. The molecule has 1 aromatic carbocycles. The summed E-state index contributed by atoms with van der Waals surface area (Å²) in [7, 11) is 0. The Hall–Kier alpha value is -2.23. The third-order valence-corrected chi connectivity index (χ3v) is 6.15. The Morgan fingerprint density at radius 1 is 1.35 bits per heavy atom. The van der Waals surface area contributed by atoms with E-state index in [4.69, 9.17) is 0 Å². The van der Waals surface area contributed by atoms with Crippen LogP contribution in [0.15, 0.2) is 42.1 Å². The van der Waals surface area contributed by atoms with Crippen molar-refractivity contribution in [3.63, 3.8) is 0 Å². The molecule has 1 N–H and O–H groups in total. The first-order chi connectivity index (χ1) is 12.6. The Bertz CT molecular complexity index is 876. The van der Waals surface area contributed by atoms with Crippen molar-refractivity contribution in [2.75, 3.05) is 6.54 Å². The van der Waals surface area contributed by atoms with Crippen LogP contribution < -0.4 is 5.32 Å². The fourth-order valence-electron chi connectivity index (χ4n) is 4.81. The summed E-state index contributed by atoms with van der Waals surface area (Å²) in [4.78, 5) is 16.5. The molecule has 1 amide bonds. The lowest BCUT2D eigenvalue weighted by molar-refractivity contribution is -0.123. The number of carbonyl (C=O) groups excluding carboxylic acids is 1. The highest BCUT2D eigenvalue weighted by atomic mass is 19.1. The second-order valence-corrected chi connectivity index (χ2v) is 7.72. The summed E-state index contributed by atoms with van der Waals surface area (Å²) >= 11 is 0. The Balaban J connectivity index is 1.54. The quantitative estimate of drug-likeness (QED) is 0.818. The maximum absolute atomic E-state index is 13.7. The van der Waals surface area contributed by atoms with E-state index in [0.717, 1.165) is 30.2 Å². The predicted molar refractivity (Wildman–Crippen MR) is 101 cm³/mol. The molecule has 0 spiro atoms. The number of benzene rings is 1. The molecule has 0 saturated heterocycles. The van der Waals surface area contributed by atoms with E-state index in [-0.39, 0.29) is 17.6 Å². The van der Waals surface area contributed by atoms with Gasteiger partial charge in [-0.25, -0.2) is 4.39 Å². The molecule has 0 bridgehead atoms. The maximum atomic E-state index is 13.7. The summed E-state index contributed by atoms with van der Waals surface area (Å²) in [6.45, 7) is 4.64. The van der Waals surface area contributed by atoms with Crippen LogP contribution in [0.1, 0.15) is 44.6 Å². The van der Waals surface area contributed by atoms with Gasteiger partial charge in [0.05, 0.1) is 11.4 Å². The van der Waals surface area contributed by atoms with Crippen LogP contribution in [0.4, 0.5) is 4.39 Å². The van der Waals surface area contributed by atoms with E-state index in [1.165, 1.54) is 17.2 Å². The number of aromatic nitrogens is 1. The number of nitrogens with one attached hydrogen (secondary N) is 1. The summed E-state index contributed by atoms with van der Waals surface area (Å²) in [6, 6.07) is 6.90. The lowest BCUT2D eigenvalue weighted by Gasteiger charge is -2.17. The number of hydrogen-bond donors (Lipinski definition) is 1. The fraction of sp³-hybridized carbons (Fsp3) is 0.455. The normalized spacial score (nSPS) is 25.8. The van der Waals surface area contributed by atoms with Crippen LogP contribution in [-0.2, 0) is 4.79 Å². The molecule has 4 atom stereocenters. The van der Waals surface area contributed by atoms with Crippen molar-refractivity contribution in [1.29, 1.82) is 0 Å². The van der Waals surface area contributed by atoms with Crippen molar-refractivity contribution in [2.24, 2.45) is 17.8 Å². The molecular formula is C22H25FN2O. The van der Waals surface area contributed by atoms with Gasteiger partial charge in [-0.15, -0.1) is 0 Å².